The first-order chi connectivity index (χ1) is 11.2. The topological polar surface area (TPSA) is 98.3 Å². The SMILES string of the molecule is CSc1nc(N)c2[nH]c(-c3cnn(-c4ccccc4)c3)nc2n1. The van der Waals surface area contributed by atoms with Crippen LogP contribution in [0.1, 0.15) is 0 Å². The minimum atomic E-state index is 0.397. The van der Waals surface area contributed by atoms with Gasteiger partial charge < -0.3 is 10.7 Å². The molecule has 0 atom stereocenters. The summed E-state index contributed by atoms with van der Waals surface area (Å²) in [7, 11) is 0. The van der Waals surface area contributed by atoms with Gasteiger partial charge in [0.1, 0.15) is 11.3 Å². The lowest BCUT2D eigenvalue weighted by atomic mass is 10.3. The molecule has 0 saturated heterocycles. The number of hydrogen-bond acceptors (Lipinski definition) is 6. The van der Waals surface area contributed by atoms with Crippen LogP contribution < -0.4 is 5.73 Å². The summed E-state index contributed by atoms with van der Waals surface area (Å²) in [6.45, 7) is 0. The highest BCUT2D eigenvalue weighted by atomic mass is 32.2. The molecule has 0 fully saturated rings. The number of nitrogen functional groups attached to an aromatic ring is 1. The van der Waals surface area contributed by atoms with Crippen LogP contribution in [0.15, 0.2) is 47.9 Å². The third kappa shape index (κ3) is 2.42. The van der Waals surface area contributed by atoms with Gasteiger partial charge >= 0.3 is 0 Å². The lowest BCUT2D eigenvalue weighted by molar-refractivity contribution is 0.880. The first kappa shape index (κ1) is 13.8. The Morgan fingerprint density at radius 3 is 2.74 bits per heavy atom. The molecule has 0 aliphatic rings. The first-order valence-corrected chi connectivity index (χ1v) is 8.15. The zero-order chi connectivity index (χ0) is 15.8. The van der Waals surface area contributed by atoms with Crippen LogP contribution in [0.4, 0.5) is 5.82 Å². The molecule has 0 unspecified atom stereocenters. The maximum absolute atomic E-state index is 5.96. The summed E-state index contributed by atoms with van der Waals surface area (Å²) in [5, 5.41) is 4.98. The van der Waals surface area contributed by atoms with E-state index < -0.39 is 0 Å². The molecule has 0 aliphatic carbocycles. The molecular formula is C15H13N7S. The summed E-state index contributed by atoms with van der Waals surface area (Å²) in [5.74, 6) is 1.06. The highest BCUT2D eigenvalue weighted by Gasteiger charge is 2.13. The van der Waals surface area contributed by atoms with Crippen molar-refractivity contribution in [3.63, 3.8) is 0 Å². The molecular weight excluding hydrogens is 310 g/mol. The summed E-state index contributed by atoms with van der Waals surface area (Å²) >= 11 is 1.43. The fourth-order valence-electron chi connectivity index (χ4n) is 2.29. The van der Waals surface area contributed by atoms with E-state index in [0.29, 0.717) is 28.0 Å². The molecule has 0 saturated carbocycles. The molecule has 3 N–H and O–H groups in total. The predicted octanol–water partition coefficient (Wildman–Crippen LogP) is 2.51. The van der Waals surface area contributed by atoms with Gasteiger partial charge in [0.15, 0.2) is 16.6 Å². The number of aromatic nitrogens is 6. The zero-order valence-electron chi connectivity index (χ0n) is 12.3. The Hall–Kier alpha value is -2.87. The Morgan fingerprint density at radius 1 is 1.13 bits per heavy atom. The van der Waals surface area contributed by atoms with Crippen molar-refractivity contribution < 1.29 is 0 Å². The standard InChI is InChI=1S/C15H13N7S/c1-23-15-19-12(16)11-14(21-15)20-13(18-11)9-7-17-22(8-9)10-5-3-2-4-6-10/h2-8H,1H3,(H3,16,18,19,20,21). The van der Waals surface area contributed by atoms with Crippen molar-refractivity contribution in [2.45, 2.75) is 5.16 Å². The monoisotopic (exact) mass is 323 g/mol. The second-order valence-corrected chi connectivity index (χ2v) is 5.66. The Kier molecular flexibility index (Phi) is 3.23. The van der Waals surface area contributed by atoms with Gasteiger partial charge in [-0.1, -0.05) is 30.0 Å². The summed E-state index contributed by atoms with van der Waals surface area (Å²) in [5.41, 5.74) is 9.01. The van der Waals surface area contributed by atoms with Crippen molar-refractivity contribution in [3.05, 3.63) is 42.7 Å². The van der Waals surface area contributed by atoms with E-state index in [0.717, 1.165) is 11.3 Å². The molecule has 7 nitrogen and oxygen atoms in total. The van der Waals surface area contributed by atoms with Crippen LogP contribution >= 0.6 is 11.8 Å². The van der Waals surface area contributed by atoms with Gasteiger partial charge in [0.05, 0.1) is 17.4 Å². The Morgan fingerprint density at radius 2 is 1.96 bits per heavy atom. The van der Waals surface area contributed by atoms with E-state index in [-0.39, 0.29) is 0 Å². The van der Waals surface area contributed by atoms with E-state index in [1.165, 1.54) is 11.8 Å². The third-order valence-electron chi connectivity index (χ3n) is 3.42. The van der Waals surface area contributed by atoms with Crippen molar-refractivity contribution in [3.8, 4) is 17.1 Å². The highest BCUT2D eigenvalue weighted by Crippen LogP contribution is 2.24. The molecule has 1 aromatic carbocycles. The number of imidazole rings is 1. The van der Waals surface area contributed by atoms with E-state index in [2.05, 4.69) is 25.0 Å². The molecule has 4 aromatic rings. The summed E-state index contributed by atoms with van der Waals surface area (Å²) in [4.78, 5) is 16.3. The minimum absolute atomic E-state index is 0.397. The molecule has 3 aromatic heterocycles. The number of anilines is 1. The molecule has 4 rings (SSSR count). The lowest BCUT2D eigenvalue weighted by Crippen LogP contribution is -1.95. The second-order valence-electron chi connectivity index (χ2n) is 4.89. The molecule has 0 aliphatic heterocycles. The van der Waals surface area contributed by atoms with Gasteiger partial charge in [-0.3, -0.25) is 0 Å². The molecule has 0 amide bonds. The Bertz CT molecular complexity index is 974. The lowest BCUT2D eigenvalue weighted by Gasteiger charge is -1.98. The van der Waals surface area contributed by atoms with Crippen LogP contribution in [0.3, 0.4) is 0 Å². The van der Waals surface area contributed by atoms with Crippen molar-refractivity contribution in [1.29, 1.82) is 0 Å². The number of aromatic amines is 1. The molecule has 0 radical (unpaired) electrons. The quantitative estimate of drug-likeness (QED) is 0.444. The summed E-state index contributed by atoms with van der Waals surface area (Å²) in [6.07, 6.45) is 5.56. The van der Waals surface area contributed by atoms with E-state index in [4.69, 9.17) is 5.73 Å². The van der Waals surface area contributed by atoms with Crippen LogP contribution in [-0.2, 0) is 0 Å². The number of nitrogens with one attached hydrogen (secondary N) is 1. The van der Waals surface area contributed by atoms with Crippen molar-refractivity contribution in [2.75, 3.05) is 12.0 Å². The van der Waals surface area contributed by atoms with Gasteiger partial charge in [0.25, 0.3) is 0 Å². The average Bonchev–Trinajstić information content (AvgIpc) is 3.22. The summed E-state index contributed by atoms with van der Waals surface area (Å²) < 4.78 is 1.80. The Labute approximate surface area is 136 Å². The number of thioether (sulfide) groups is 1. The van der Waals surface area contributed by atoms with Crippen LogP contribution in [0, 0.1) is 0 Å². The zero-order valence-corrected chi connectivity index (χ0v) is 13.1. The molecule has 114 valence electrons. The van der Waals surface area contributed by atoms with Gasteiger partial charge in [-0.05, 0) is 18.4 Å². The van der Waals surface area contributed by atoms with E-state index in [9.17, 15) is 0 Å². The largest absolute Gasteiger partial charge is 0.382 e. The number of para-hydroxylation sites is 1. The highest BCUT2D eigenvalue weighted by molar-refractivity contribution is 7.98. The molecule has 0 spiro atoms. The average molecular weight is 323 g/mol. The Balaban J connectivity index is 1.78. The number of fused-ring (bicyclic) bond motifs is 1. The van der Waals surface area contributed by atoms with Gasteiger partial charge in [0, 0.05) is 6.20 Å². The predicted molar refractivity (Wildman–Crippen MR) is 90.4 cm³/mol. The van der Waals surface area contributed by atoms with Gasteiger partial charge in [-0.25, -0.2) is 19.6 Å². The van der Waals surface area contributed by atoms with Crippen molar-refractivity contribution in [1.82, 2.24) is 29.7 Å². The van der Waals surface area contributed by atoms with E-state index in [1.807, 2.05) is 42.8 Å². The van der Waals surface area contributed by atoms with Gasteiger partial charge in [-0.15, -0.1) is 0 Å². The smallest absolute Gasteiger partial charge is 0.191 e. The molecule has 3 heterocycles. The first-order valence-electron chi connectivity index (χ1n) is 6.92. The number of benzene rings is 1. The minimum Gasteiger partial charge on any atom is -0.382 e. The normalized spacial score (nSPS) is 11.2. The van der Waals surface area contributed by atoms with Crippen LogP contribution in [-0.4, -0.2) is 36.0 Å². The van der Waals surface area contributed by atoms with Crippen LogP contribution in [0.25, 0.3) is 28.2 Å². The fourth-order valence-corrected chi connectivity index (χ4v) is 2.66. The molecule has 8 heteroatoms. The van der Waals surface area contributed by atoms with Crippen LogP contribution in [0.5, 0.6) is 0 Å². The van der Waals surface area contributed by atoms with E-state index >= 15 is 0 Å². The maximum Gasteiger partial charge on any atom is 0.191 e. The summed E-state index contributed by atoms with van der Waals surface area (Å²) in [6, 6.07) is 9.89. The third-order valence-corrected chi connectivity index (χ3v) is 3.97. The molecule has 23 heavy (non-hydrogen) atoms. The van der Waals surface area contributed by atoms with Gasteiger partial charge in [-0.2, -0.15) is 5.10 Å². The number of hydrogen-bond donors (Lipinski definition) is 2. The van der Waals surface area contributed by atoms with Gasteiger partial charge in [0.2, 0.25) is 0 Å². The number of nitrogens with two attached hydrogens (primary N) is 1. The maximum atomic E-state index is 5.96. The van der Waals surface area contributed by atoms with E-state index in [1.54, 1.807) is 10.9 Å². The molecule has 0 bridgehead atoms. The fraction of sp³-hybridized carbons (Fsp3) is 0.0667. The number of nitrogens with zero attached hydrogens (tertiary/aromatic N) is 5. The second kappa shape index (κ2) is 5.40. The number of rotatable bonds is 3. The number of H-pyrrole nitrogens is 1. The van der Waals surface area contributed by atoms with Crippen molar-refractivity contribution >= 4 is 28.7 Å². The van der Waals surface area contributed by atoms with Crippen LogP contribution in [0.2, 0.25) is 0 Å². The van der Waals surface area contributed by atoms with Crippen molar-refractivity contribution in [2.24, 2.45) is 0 Å².